The molecule has 0 spiro atoms. The van der Waals surface area contributed by atoms with Crippen molar-refractivity contribution in [1.82, 2.24) is 15.5 Å². The number of carbonyl (C=O) groups is 1. The smallest absolute Gasteiger partial charge is 0.224 e. The molecule has 1 heterocycles. The van der Waals surface area contributed by atoms with Crippen LogP contribution in [0.25, 0.3) is 0 Å². The number of hydrogen-bond donors (Lipinski definition) is 2. The van der Waals surface area contributed by atoms with Gasteiger partial charge in [-0.25, -0.2) is 0 Å². The van der Waals surface area contributed by atoms with Gasteiger partial charge in [0.05, 0.1) is 6.54 Å². The van der Waals surface area contributed by atoms with E-state index in [1.54, 1.807) is 6.08 Å². The van der Waals surface area contributed by atoms with Crippen molar-refractivity contribution in [3.63, 3.8) is 0 Å². The fourth-order valence-electron chi connectivity index (χ4n) is 2.39. The Labute approximate surface area is 145 Å². The van der Waals surface area contributed by atoms with Crippen molar-refractivity contribution >= 4 is 35.8 Å². The Morgan fingerprint density at radius 3 is 2.81 bits per heavy atom. The van der Waals surface area contributed by atoms with Crippen LogP contribution in [0.4, 0.5) is 0 Å². The van der Waals surface area contributed by atoms with Crippen molar-refractivity contribution in [1.29, 1.82) is 0 Å². The number of nitrogens with zero attached hydrogens (tertiary/aromatic N) is 2. The van der Waals surface area contributed by atoms with Crippen LogP contribution in [0.2, 0.25) is 0 Å². The van der Waals surface area contributed by atoms with E-state index in [0.29, 0.717) is 25.6 Å². The minimum Gasteiger partial charge on any atom is -0.357 e. The fourth-order valence-corrected chi connectivity index (χ4v) is 2.39. The van der Waals surface area contributed by atoms with E-state index < -0.39 is 0 Å². The van der Waals surface area contributed by atoms with Gasteiger partial charge in [-0.15, -0.1) is 30.6 Å². The van der Waals surface area contributed by atoms with Crippen molar-refractivity contribution < 1.29 is 4.79 Å². The van der Waals surface area contributed by atoms with Crippen LogP contribution in [0.5, 0.6) is 0 Å². The summed E-state index contributed by atoms with van der Waals surface area (Å²) in [6.07, 6.45) is 5.75. The molecule has 0 bridgehead atoms. The molecule has 0 radical (unpaired) electrons. The summed E-state index contributed by atoms with van der Waals surface area (Å²) in [7, 11) is 0. The highest BCUT2D eigenvalue weighted by Crippen LogP contribution is 2.17. The molecule has 5 nitrogen and oxygen atoms in total. The van der Waals surface area contributed by atoms with Crippen LogP contribution in [0.3, 0.4) is 0 Å². The largest absolute Gasteiger partial charge is 0.357 e. The number of likely N-dealkylation sites (tertiary alicyclic amines) is 1. The zero-order chi connectivity index (χ0) is 14.8. The van der Waals surface area contributed by atoms with Crippen LogP contribution in [0.1, 0.15) is 39.5 Å². The number of guanidine groups is 1. The van der Waals surface area contributed by atoms with E-state index in [1.807, 2.05) is 11.8 Å². The molecular formula is C15H29IN4O. The zero-order valence-corrected chi connectivity index (χ0v) is 15.6. The number of carbonyl (C=O) groups excluding carboxylic acids is 1. The second-order valence-electron chi connectivity index (χ2n) is 5.11. The van der Waals surface area contributed by atoms with Crippen LogP contribution in [-0.2, 0) is 4.79 Å². The summed E-state index contributed by atoms with van der Waals surface area (Å²) in [5.41, 5.74) is 0. The first-order chi connectivity index (χ1) is 9.69. The maximum Gasteiger partial charge on any atom is 0.224 e. The van der Waals surface area contributed by atoms with Gasteiger partial charge in [0.25, 0.3) is 0 Å². The van der Waals surface area contributed by atoms with Crippen molar-refractivity contribution in [2.45, 2.75) is 45.6 Å². The third kappa shape index (κ3) is 7.68. The van der Waals surface area contributed by atoms with Crippen molar-refractivity contribution in [2.24, 2.45) is 4.99 Å². The van der Waals surface area contributed by atoms with E-state index in [9.17, 15) is 4.79 Å². The maximum absolute atomic E-state index is 12.2. The van der Waals surface area contributed by atoms with Crippen LogP contribution >= 0.6 is 24.0 Å². The van der Waals surface area contributed by atoms with Crippen LogP contribution in [-0.4, -0.2) is 49.0 Å². The maximum atomic E-state index is 12.2. The Morgan fingerprint density at radius 2 is 2.19 bits per heavy atom. The monoisotopic (exact) mass is 408 g/mol. The lowest BCUT2D eigenvalue weighted by molar-refractivity contribution is -0.134. The number of hydrogen-bond acceptors (Lipinski definition) is 2. The molecule has 0 aromatic rings. The van der Waals surface area contributed by atoms with Gasteiger partial charge in [0.15, 0.2) is 5.96 Å². The van der Waals surface area contributed by atoms with Gasteiger partial charge >= 0.3 is 0 Å². The van der Waals surface area contributed by atoms with Gasteiger partial charge in [-0.1, -0.05) is 6.08 Å². The number of piperidine rings is 1. The Kier molecular flexibility index (Phi) is 11.4. The summed E-state index contributed by atoms with van der Waals surface area (Å²) in [6, 6.07) is 0.382. The SMILES string of the molecule is C=CCNC(=NCCC(=O)N1CCCCC1C)NCC.I. The molecule has 1 aliphatic heterocycles. The molecule has 0 saturated carbocycles. The normalized spacial score (nSPS) is 18.7. The van der Waals surface area contributed by atoms with Gasteiger partial charge in [0, 0.05) is 32.1 Å². The average molecular weight is 408 g/mol. The van der Waals surface area contributed by atoms with E-state index in [4.69, 9.17) is 0 Å². The minimum absolute atomic E-state index is 0. The van der Waals surface area contributed by atoms with Crippen LogP contribution < -0.4 is 10.6 Å². The Morgan fingerprint density at radius 1 is 1.43 bits per heavy atom. The van der Waals surface area contributed by atoms with Gasteiger partial charge in [0.2, 0.25) is 5.91 Å². The second-order valence-corrected chi connectivity index (χ2v) is 5.11. The molecule has 1 rings (SSSR count). The minimum atomic E-state index is 0. The molecule has 0 aliphatic carbocycles. The Bertz CT molecular complexity index is 347. The lowest BCUT2D eigenvalue weighted by Crippen LogP contribution is -2.42. The summed E-state index contributed by atoms with van der Waals surface area (Å²) in [5, 5.41) is 6.27. The summed E-state index contributed by atoms with van der Waals surface area (Å²) in [6.45, 7) is 10.7. The van der Waals surface area contributed by atoms with Crippen molar-refractivity contribution in [3.05, 3.63) is 12.7 Å². The molecule has 21 heavy (non-hydrogen) atoms. The molecule has 122 valence electrons. The van der Waals surface area contributed by atoms with Crippen molar-refractivity contribution in [3.8, 4) is 0 Å². The average Bonchev–Trinajstić information content (AvgIpc) is 2.45. The molecule has 0 aromatic carbocycles. The van der Waals surface area contributed by atoms with E-state index >= 15 is 0 Å². The third-order valence-electron chi connectivity index (χ3n) is 3.48. The molecule has 1 fully saturated rings. The standard InChI is InChI=1S/C15H28N4O.HI/c1-4-10-17-15(16-5-2)18-11-9-14(20)19-12-7-6-8-13(19)3;/h4,13H,1,5-12H2,2-3H3,(H2,16,17,18);1H. The lowest BCUT2D eigenvalue weighted by atomic mass is 10.0. The zero-order valence-electron chi connectivity index (χ0n) is 13.2. The summed E-state index contributed by atoms with van der Waals surface area (Å²) < 4.78 is 0. The molecule has 2 N–H and O–H groups in total. The van der Waals surface area contributed by atoms with Gasteiger partial charge in [-0.2, -0.15) is 0 Å². The quantitative estimate of drug-likeness (QED) is 0.307. The van der Waals surface area contributed by atoms with Crippen LogP contribution in [0.15, 0.2) is 17.6 Å². The van der Waals surface area contributed by atoms with E-state index in [2.05, 4.69) is 29.1 Å². The number of rotatable bonds is 6. The third-order valence-corrected chi connectivity index (χ3v) is 3.48. The topological polar surface area (TPSA) is 56.7 Å². The van der Waals surface area contributed by atoms with E-state index in [0.717, 1.165) is 31.9 Å². The highest BCUT2D eigenvalue weighted by atomic mass is 127. The first kappa shape index (κ1) is 20.2. The lowest BCUT2D eigenvalue weighted by Gasteiger charge is -2.33. The molecule has 1 unspecified atom stereocenters. The second kappa shape index (κ2) is 11.8. The van der Waals surface area contributed by atoms with Gasteiger partial charge in [-0.05, 0) is 33.1 Å². The van der Waals surface area contributed by atoms with Gasteiger partial charge in [0.1, 0.15) is 0 Å². The van der Waals surface area contributed by atoms with E-state index in [1.165, 1.54) is 6.42 Å². The molecule has 1 amide bonds. The van der Waals surface area contributed by atoms with E-state index in [-0.39, 0.29) is 29.9 Å². The number of amides is 1. The number of nitrogens with one attached hydrogen (secondary N) is 2. The summed E-state index contributed by atoms with van der Waals surface area (Å²) in [5.74, 6) is 0.965. The van der Waals surface area contributed by atoms with Crippen LogP contribution in [0, 0.1) is 0 Å². The molecular weight excluding hydrogens is 379 g/mol. The predicted molar refractivity (Wildman–Crippen MR) is 99.2 cm³/mol. The molecule has 1 aliphatic rings. The predicted octanol–water partition coefficient (Wildman–Crippen LogP) is 2.14. The highest BCUT2D eigenvalue weighted by Gasteiger charge is 2.22. The summed E-state index contributed by atoms with van der Waals surface area (Å²) in [4.78, 5) is 18.6. The highest BCUT2D eigenvalue weighted by molar-refractivity contribution is 14.0. The molecule has 6 heteroatoms. The molecule has 0 aromatic heterocycles. The first-order valence-electron chi connectivity index (χ1n) is 7.61. The Balaban J connectivity index is 0.00000400. The van der Waals surface area contributed by atoms with Gasteiger partial charge < -0.3 is 15.5 Å². The Hall–Kier alpha value is -0.790. The number of halogens is 1. The molecule has 1 saturated heterocycles. The fraction of sp³-hybridized carbons (Fsp3) is 0.733. The van der Waals surface area contributed by atoms with Gasteiger partial charge in [-0.3, -0.25) is 9.79 Å². The molecule has 1 atom stereocenters. The summed E-state index contributed by atoms with van der Waals surface area (Å²) >= 11 is 0. The first-order valence-corrected chi connectivity index (χ1v) is 7.61. The van der Waals surface area contributed by atoms with Crippen molar-refractivity contribution in [2.75, 3.05) is 26.2 Å². The number of aliphatic imine (C=N–C) groups is 1.